The molecule has 0 amide bonds. The standard InChI is InChI=1S/C23H15Cl2N5O2S/c24-15-8-4-10-17(12-15)27-29-19(20(31)14-6-2-1-3-7-14)22-26-21(32)23(33-22)30-28-18-11-5-9-16(25)13-18/h1-13,27,32H/b29-19-,30-28?. The fraction of sp³-hybridized carbons (Fsp3) is 0. The Morgan fingerprint density at radius 1 is 0.909 bits per heavy atom. The number of aromatic nitrogens is 1. The molecule has 0 atom stereocenters. The van der Waals surface area contributed by atoms with Crippen molar-refractivity contribution in [2.75, 3.05) is 5.43 Å². The van der Waals surface area contributed by atoms with E-state index >= 15 is 0 Å². The first kappa shape index (κ1) is 22.6. The molecule has 164 valence electrons. The van der Waals surface area contributed by atoms with Gasteiger partial charge in [-0.15, -0.1) is 10.2 Å². The summed E-state index contributed by atoms with van der Waals surface area (Å²) < 4.78 is 0. The molecule has 0 spiro atoms. The molecule has 0 aliphatic rings. The number of halogens is 2. The smallest absolute Gasteiger partial charge is 0.251 e. The summed E-state index contributed by atoms with van der Waals surface area (Å²) in [6, 6.07) is 22.3. The molecule has 0 bridgehead atoms. The van der Waals surface area contributed by atoms with E-state index in [1.54, 1.807) is 78.9 Å². The summed E-state index contributed by atoms with van der Waals surface area (Å²) in [5, 5.41) is 24.0. The summed E-state index contributed by atoms with van der Waals surface area (Å²) in [6.45, 7) is 0. The van der Waals surface area contributed by atoms with Crippen LogP contribution in [-0.4, -0.2) is 21.6 Å². The number of hydrazone groups is 1. The Balaban J connectivity index is 1.69. The van der Waals surface area contributed by atoms with Crippen LogP contribution in [0.3, 0.4) is 0 Å². The number of hydrogen-bond acceptors (Lipinski definition) is 8. The van der Waals surface area contributed by atoms with E-state index < -0.39 is 0 Å². The number of nitrogens with zero attached hydrogens (tertiary/aromatic N) is 4. The summed E-state index contributed by atoms with van der Waals surface area (Å²) in [5.74, 6) is -0.741. The molecule has 4 rings (SSSR count). The van der Waals surface area contributed by atoms with Crippen molar-refractivity contribution in [3.05, 3.63) is 99.5 Å². The Kier molecular flexibility index (Phi) is 7.09. The van der Waals surface area contributed by atoms with Gasteiger partial charge in [-0.05, 0) is 36.4 Å². The zero-order valence-corrected chi connectivity index (χ0v) is 19.1. The second-order valence-electron chi connectivity index (χ2n) is 6.61. The number of anilines is 1. The maximum absolute atomic E-state index is 13.2. The van der Waals surface area contributed by atoms with Gasteiger partial charge in [0.25, 0.3) is 5.88 Å². The number of ketones is 1. The summed E-state index contributed by atoms with van der Waals surface area (Å²) in [6.07, 6.45) is 0. The van der Waals surface area contributed by atoms with Crippen molar-refractivity contribution in [2.45, 2.75) is 0 Å². The number of carbonyl (C=O) groups is 1. The minimum absolute atomic E-state index is 0.00526. The van der Waals surface area contributed by atoms with Crippen molar-refractivity contribution >= 4 is 62.4 Å². The molecule has 0 saturated heterocycles. The molecular weight excluding hydrogens is 481 g/mol. The third-order valence-electron chi connectivity index (χ3n) is 4.23. The lowest BCUT2D eigenvalue weighted by Gasteiger charge is -2.05. The normalized spacial score (nSPS) is 11.6. The summed E-state index contributed by atoms with van der Waals surface area (Å²) in [5.41, 5.74) is 4.34. The van der Waals surface area contributed by atoms with Crippen molar-refractivity contribution in [3.63, 3.8) is 0 Å². The molecule has 0 aliphatic carbocycles. The molecule has 4 aromatic rings. The Hall–Kier alpha value is -3.59. The molecule has 0 fully saturated rings. The van der Waals surface area contributed by atoms with E-state index in [4.69, 9.17) is 23.2 Å². The molecular formula is C23H15Cl2N5O2S. The van der Waals surface area contributed by atoms with Crippen LogP contribution in [0.2, 0.25) is 10.0 Å². The first-order valence-corrected chi connectivity index (χ1v) is 11.1. The predicted molar refractivity (Wildman–Crippen MR) is 132 cm³/mol. The van der Waals surface area contributed by atoms with Crippen molar-refractivity contribution in [1.29, 1.82) is 0 Å². The van der Waals surface area contributed by atoms with Crippen LogP contribution in [0.1, 0.15) is 15.4 Å². The lowest BCUT2D eigenvalue weighted by molar-refractivity contribution is 0.106. The average molecular weight is 496 g/mol. The summed E-state index contributed by atoms with van der Waals surface area (Å²) >= 11 is 13.0. The highest BCUT2D eigenvalue weighted by Crippen LogP contribution is 2.35. The Morgan fingerprint density at radius 2 is 1.64 bits per heavy atom. The predicted octanol–water partition coefficient (Wildman–Crippen LogP) is 7.27. The number of hydrogen-bond donors (Lipinski definition) is 2. The van der Waals surface area contributed by atoms with E-state index in [0.717, 1.165) is 11.3 Å². The minimum atomic E-state index is -0.378. The van der Waals surface area contributed by atoms with Gasteiger partial charge in [0.2, 0.25) is 10.8 Å². The average Bonchev–Trinajstić information content (AvgIpc) is 3.18. The van der Waals surface area contributed by atoms with Crippen LogP contribution < -0.4 is 5.43 Å². The minimum Gasteiger partial charge on any atom is -0.491 e. The maximum Gasteiger partial charge on any atom is 0.251 e. The number of rotatable bonds is 7. The van der Waals surface area contributed by atoms with E-state index in [0.29, 0.717) is 27.0 Å². The van der Waals surface area contributed by atoms with E-state index in [9.17, 15) is 9.90 Å². The largest absolute Gasteiger partial charge is 0.491 e. The zero-order valence-electron chi connectivity index (χ0n) is 16.8. The van der Waals surface area contributed by atoms with Gasteiger partial charge in [0.05, 0.1) is 11.4 Å². The van der Waals surface area contributed by atoms with E-state index in [1.807, 2.05) is 0 Å². The second-order valence-corrected chi connectivity index (χ2v) is 8.46. The van der Waals surface area contributed by atoms with Gasteiger partial charge >= 0.3 is 0 Å². The zero-order chi connectivity index (χ0) is 23.2. The number of nitrogens with one attached hydrogen (secondary N) is 1. The quantitative estimate of drug-likeness (QED) is 0.122. The molecule has 0 aliphatic heterocycles. The molecule has 0 radical (unpaired) electrons. The number of benzene rings is 3. The van der Waals surface area contributed by atoms with Crippen molar-refractivity contribution < 1.29 is 9.90 Å². The van der Waals surface area contributed by atoms with Gasteiger partial charge in [0.15, 0.2) is 10.7 Å². The molecule has 1 aromatic heterocycles. The van der Waals surface area contributed by atoms with Crippen LogP contribution in [0.5, 0.6) is 5.88 Å². The first-order valence-electron chi connectivity index (χ1n) is 9.56. The third-order valence-corrected chi connectivity index (χ3v) is 5.64. The van der Waals surface area contributed by atoms with Crippen molar-refractivity contribution in [3.8, 4) is 5.88 Å². The number of thiazole rings is 1. The number of carbonyl (C=O) groups excluding carboxylic acids is 1. The molecule has 33 heavy (non-hydrogen) atoms. The number of Topliss-reactive ketones (excluding diaryl/α,β-unsaturated/α-hetero) is 1. The van der Waals surface area contributed by atoms with Crippen LogP contribution in [0.4, 0.5) is 16.4 Å². The summed E-state index contributed by atoms with van der Waals surface area (Å²) in [7, 11) is 0. The van der Waals surface area contributed by atoms with Gasteiger partial charge in [-0.2, -0.15) is 10.1 Å². The Labute approximate surface area is 203 Å². The van der Waals surface area contributed by atoms with E-state index in [-0.39, 0.29) is 27.4 Å². The van der Waals surface area contributed by atoms with Gasteiger partial charge in [-0.1, -0.05) is 77.0 Å². The molecule has 10 heteroatoms. The fourth-order valence-corrected chi connectivity index (χ4v) is 3.86. The van der Waals surface area contributed by atoms with Gasteiger partial charge < -0.3 is 5.11 Å². The van der Waals surface area contributed by atoms with Crippen LogP contribution in [0.25, 0.3) is 0 Å². The van der Waals surface area contributed by atoms with Crippen LogP contribution in [0.15, 0.2) is 94.2 Å². The summed E-state index contributed by atoms with van der Waals surface area (Å²) in [4.78, 5) is 17.3. The third kappa shape index (κ3) is 5.81. The van der Waals surface area contributed by atoms with Gasteiger partial charge in [-0.3, -0.25) is 10.2 Å². The molecule has 3 aromatic carbocycles. The fourth-order valence-electron chi connectivity index (χ4n) is 2.71. The molecule has 0 unspecified atom stereocenters. The highest BCUT2D eigenvalue weighted by Gasteiger charge is 2.23. The number of aromatic hydroxyl groups is 1. The lowest BCUT2D eigenvalue weighted by atomic mass is 10.1. The highest BCUT2D eigenvalue weighted by atomic mass is 35.5. The van der Waals surface area contributed by atoms with Crippen molar-refractivity contribution in [2.24, 2.45) is 15.3 Å². The monoisotopic (exact) mass is 495 g/mol. The van der Waals surface area contributed by atoms with Crippen LogP contribution >= 0.6 is 34.5 Å². The van der Waals surface area contributed by atoms with Crippen LogP contribution in [0, 0.1) is 0 Å². The van der Waals surface area contributed by atoms with Gasteiger partial charge in [-0.25, -0.2) is 0 Å². The number of azo groups is 1. The van der Waals surface area contributed by atoms with Gasteiger partial charge in [0, 0.05) is 15.6 Å². The molecule has 7 nitrogen and oxygen atoms in total. The van der Waals surface area contributed by atoms with E-state index in [2.05, 4.69) is 25.7 Å². The van der Waals surface area contributed by atoms with Crippen LogP contribution in [-0.2, 0) is 0 Å². The molecule has 1 heterocycles. The highest BCUT2D eigenvalue weighted by molar-refractivity contribution is 7.18. The maximum atomic E-state index is 13.2. The first-order chi connectivity index (χ1) is 16.0. The topological polar surface area (TPSA) is 99.3 Å². The van der Waals surface area contributed by atoms with Gasteiger partial charge in [0.1, 0.15) is 0 Å². The lowest BCUT2D eigenvalue weighted by Crippen LogP contribution is -2.17. The second kappa shape index (κ2) is 10.4. The van der Waals surface area contributed by atoms with Crippen molar-refractivity contribution in [1.82, 2.24) is 4.98 Å². The molecule has 2 N–H and O–H groups in total. The Bertz CT molecular complexity index is 1360. The Morgan fingerprint density at radius 3 is 2.36 bits per heavy atom. The molecule has 0 saturated carbocycles. The SMILES string of the molecule is O=C(/C(=N/Nc1cccc(Cl)c1)c1nc(O)c(N=Nc2cccc(Cl)c2)s1)c1ccccc1. The van der Waals surface area contributed by atoms with E-state index in [1.165, 1.54) is 0 Å².